The van der Waals surface area contributed by atoms with Crippen molar-refractivity contribution in [1.82, 2.24) is 9.97 Å². The van der Waals surface area contributed by atoms with E-state index in [0.29, 0.717) is 17.1 Å². The Morgan fingerprint density at radius 2 is 1.94 bits per heavy atom. The van der Waals surface area contributed by atoms with E-state index < -0.39 is 0 Å². The Bertz CT molecular complexity index is 457. The molecule has 0 aromatic carbocycles. The van der Waals surface area contributed by atoms with Gasteiger partial charge in [0.15, 0.2) is 0 Å². The molecule has 0 radical (unpaired) electrons. The maximum atomic E-state index is 6.03. The molecule has 4 heteroatoms. The average Bonchev–Trinajstić information content (AvgIpc) is 2.65. The Balaban J connectivity index is 1.81. The van der Waals surface area contributed by atoms with Crippen molar-refractivity contribution in [3.63, 3.8) is 0 Å². The molecule has 0 saturated heterocycles. The molecular formula is C14H21N3O. The molecule has 0 spiro atoms. The highest BCUT2D eigenvalue weighted by Gasteiger charge is 2.62. The second-order valence-corrected chi connectivity index (χ2v) is 6.52. The minimum atomic E-state index is 0.231. The molecule has 2 fully saturated rings. The van der Waals surface area contributed by atoms with Crippen LogP contribution in [0, 0.1) is 16.7 Å². The Labute approximate surface area is 108 Å². The summed E-state index contributed by atoms with van der Waals surface area (Å²) in [6.07, 6.45) is 7.12. The van der Waals surface area contributed by atoms with E-state index in [4.69, 9.17) is 10.5 Å². The topological polar surface area (TPSA) is 61.0 Å². The minimum Gasteiger partial charge on any atom is -0.460 e. The summed E-state index contributed by atoms with van der Waals surface area (Å²) in [6, 6.07) is 0.457. The molecule has 2 saturated carbocycles. The molecule has 2 bridgehead atoms. The summed E-state index contributed by atoms with van der Waals surface area (Å²) in [6.45, 7) is 7.09. The average molecular weight is 247 g/mol. The van der Waals surface area contributed by atoms with Gasteiger partial charge in [0, 0.05) is 5.41 Å². The summed E-state index contributed by atoms with van der Waals surface area (Å²) in [4.78, 5) is 8.29. The third-order valence-corrected chi connectivity index (χ3v) is 5.61. The van der Waals surface area contributed by atoms with Crippen molar-refractivity contribution in [3.05, 3.63) is 12.4 Å². The smallest absolute Gasteiger partial charge is 0.316 e. The first-order chi connectivity index (χ1) is 8.43. The van der Waals surface area contributed by atoms with Gasteiger partial charge in [-0.25, -0.2) is 9.97 Å². The zero-order valence-corrected chi connectivity index (χ0v) is 11.3. The Morgan fingerprint density at radius 3 is 2.44 bits per heavy atom. The van der Waals surface area contributed by atoms with Crippen LogP contribution in [-0.2, 0) is 0 Å². The van der Waals surface area contributed by atoms with Crippen LogP contribution in [0.15, 0.2) is 12.4 Å². The van der Waals surface area contributed by atoms with Gasteiger partial charge in [-0.2, -0.15) is 0 Å². The first kappa shape index (κ1) is 11.8. The van der Waals surface area contributed by atoms with Gasteiger partial charge in [0.1, 0.15) is 6.10 Å². The third-order valence-electron chi connectivity index (χ3n) is 5.61. The quantitative estimate of drug-likeness (QED) is 0.872. The molecule has 98 valence electrons. The third kappa shape index (κ3) is 1.44. The summed E-state index contributed by atoms with van der Waals surface area (Å²) < 4.78 is 6.03. The molecule has 3 unspecified atom stereocenters. The molecule has 2 aliphatic carbocycles. The van der Waals surface area contributed by atoms with Crippen molar-refractivity contribution in [2.24, 2.45) is 16.7 Å². The van der Waals surface area contributed by atoms with Crippen molar-refractivity contribution in [1.29, 1.82) is 0 Å². The van der Waals surface area contributed by atoms with Gasteiger partial charge in [-0.15, -0.1) is 0 Å². The molecule has 0 aliphatic heterocycles. The number of ether oxygens (including phenoxy) is 1. The predicted octanol–water partition coefficient (Wildman–Crippen LogP) is 2.65. The zero-order valence-electron chi connectivity index (χ0n) is 11.3. The van der Waals surface area contributed by atoms with Crippen LogP contribution in [0.5, 0.6) is 6.01 Å². The largest absolute Gasteiger partial charge is 0.460 e. The molecule has 4 nitrogen and oxygen atoms in total. The van der Waals surface area contributed by atoms with Gasteiger partial charge in [-0.05, 0) is 30.6 Å². The fourth-order valence-corrected chi connectivity index (χ4v) is 3.82. The summed E-state index contributed by atoms with van der Waals surface area (Å²) >= 11 is 0. The van der Waals surface area contributed by atoms with Crippen LogP contribution in [-0.4, -0.2) is 16.1 Å². The van der Waals surface area contributed by atoms with Crippen LogP contribution in [0.1, 0.15) is 40.0 Å². The van der Waals surface area contributed by atoms with Gasteiger partial charge in [0.05, 0.1) is 18.1 Å². The van der Waals surface area contributed by atoms with Gasteiger partial charge < -0.3 is 10.5 Å². The first-order valence-electron chi connectivity index (χ1n) is 6.68. The number of hydrogen-bond acceptors (Lipinski definition) is 4. The van der Waals surface area contributed by atoms with Gasteiger partial charge in [-0.1, -0.05) is 20.8 Å². The molecule has 0 amide bonds. The van der Waals surface area contributed by atoms with Crippen molar-refractivity contribution < 1.29 is 4.74 Å². The van der Waals surface area contributed by atoms with Crippen LogP contribution >= 0.6 is 0 Å². The number of fused-ring (bicyclic) bond motifs is 2. The van der Waals surface area contributed by atoms with Gasteiger partial charge >= 0.3 is 6.01 Å². The van der Waals surface area contributed by atoms with Crippen LogP contribution in [0.4, 0.5) is 5.69 Å². The lowest BCUT2D eigenvalue weighted by Crippen LogP contribution is -2.39. The van der Waals surface area contributed by atoms with E-state index in [9.17, 15) is 0 Å². The number of nitrogens with zero attached hydrogens (tertiary/aromatic N) is 2. The van der Waals surface area contributed by atoms with E-state index >= 15 is 0 Å². The van der Waals surface area contributed by atoms with E-state index in [1.54, 1.807) is 12.4 Å². The van der Waals surface area contributed by atoms with E-state index in [1.807, 2.05) is 0 Å². The minimum absolute atomic E-state index is 0.231. The monoisotopic (exact) mass is 247 g/mol. The zero-order chi connectivity index (χ0) is 13.0. The summed E-state index contributed by atoms with van der Waals surface area (Å²) in [7, 11) is 0. The maximum absolute atomic E-state index is 6.03. The number of rotatable bonds is 2. The Morgan fingerprint density at radius 1 is 1.28 bits per heavy atom. The van der Waals surface area contributed by atoms with Crippen LogP contribution in [0.3, 0.4) is 0 Å². The van der Waals surface area contributed by atoms with Crippen LogP contribution in [0.25, 0.3) is 0 Å². The highest BCUT2D eigenvalue weighted by molar-refractivity contribution is 5.31. The van der Waals surface area contributed by atoms with Crippen LogP contribution < -0.4 is 10.5 Å². The Hall–Kier alpha value is -1.32. The second kappa shape index (κ2) is 3.59. The first-order valence-corrected chi connectivity index (χ1v) is 6.68. The van der Waals surface area contributed by atoms with Gasteiger partial charge in [0.25, 0.3) is 0 Å². The molecule has 2 aliphatic rings. The number of anilines is 1. The second-order valence-electron chi connectivity index (χ2n) is 6.52. The van der Waals surface area contributed by atoms with Crippen molar-refractivity contribution in [3.8, 4) is 6.01 Å². The number of nitrogens with two attached hydrogens (primary N) is 1. The van der Waals surface area contributed by atoms with Crippen molar-refractivity contribution in [2.75, 3.05) is 5.73 Å². The fraction of sp³-hybridized carbons (Fsp3) is 0.714. The van der Waals surface area contributed by atoms with Crippen LogP contribution in [0.2, 0.25) is 0 Å². The number of hydrogen-bond donors (Lipinski definition) is 1. The van der Waals surface area contributed by atoms with E-state index in [0.717, 1.165) is 12.3 Å². The lowest BCUT2D eigenvalue weighted by molar-refractivity contribution is 0.0242. The maximum Gasteiger partial charge on any atom is 0.316 e. The highest BCUT2D eigenvalue weighted by atomic mass is 16.5. The fourth-order valence-electron chi connectivity index (χ4n) is 3.82. The summed E-state index contributed by atoms with van der Waals surface area (Å²) in [5.41, 5.74) is 6.75. The van der Waals surface area contributed by atoms with E-state index in [2.05, 4.69) is 30.7 Å². The Kier molecular flexibility index (Phi) is 2.34. The molecular weight excluding hydrogens is 226 g/mol. The molecule has 3 atom stereocenters. The summed E-state index contributed by atoms with van der Waals surface area (Å²) in [5.74, 6) is 0.765. The molecule has 3 rings (SSSR count). The lowest BCUT2D eigenvalue weighted by Gasteiger charge is -2.38. The standard InChI is InChI=1S/C14H21N3O/c1-13(2)9-4-5-14(13,3)11(6-9)18-12-16-7-10(15)8-17-12/h7-9,11H,4-6,15H2,1-3H3. The molecule has 1 aromatic heterocycles. The SMILES string of the molecule is CC1(C)C2CCC1(C)C(Oc1ncc(N)cn1)C2. The molecule has 1 aromatic rings. The summed E-state index contributed by atoms with van der Waals surface area (Å²) in [5, 5.41) is 0. The normalized spacial score (nSPS) is 36.8. The number of nitrogen functional groups attached to an aromatic ring is 1. The lowest BCUT2D eigenvalue weighted by atomic mass is 9.70. The molecule has 18 heavy (non-hydrogen) atoms. The van der Waals surface area contributed by atoms with Crippen molar-refractivity contribution >= 4 is 5.69 Å². The number of aromatic nitrogens is 2. The molecule has 1 heterocycles. The molecule has 2 N–H and O–H groups in total. The van der Waals surface area contributed by atoms with Gasteiger partial charge in [-0.3, -0.25) is 0 Å². The van der Waals surface area contributed by atoms with E-state index in [-0.39, 0.29) is 11.5 Å². The van der Waals surface area contributed by atoms with Gasteiger partial charge in [0.2, 0.25) is 0 Å². The van der Waals surface area contributed by atoms with E-state index in [1.165, 1.54) is 12.8 Å². The van der Waals surface area contributed by atoms with Crippen molar-refractivity contribution in [2.45, 2.75) is 46.1 Å². The highest BCUT2D eigenvalue weighted by Crippen LogP contribution is 2.65. The predicted molar refractivity (Wildman–Crippen MR) is 70.1 cm³/mol.